The Hall–Kier alpha value is -3.06. The van der Waals surface area contributed by atoms with Crippen molar-refractivity contribution in [2.24, 2.45) is 0 Å². The van der Waals surface area contributed by atoms with Crippen molar-refractivity contribution >= 4 is 28.4 Å². The summed E-state index contributed by atoms with van der Waals surface area (Å²) in [5.41, 5.74) is 2.54. The Balaban J connectivity index is 1.58. The first-order valence-corrected chi connectivity index (χ1v) is 7.86. The lowest BCUT2D eigenvalue weighted by Gasteiger charge is -2.25. The largest absolute Gasteiger partial charge is 0.485 e. The molecule has 0 spiro atoms. The van der Waals surface area contributed by atoms with Crippen molar-refractivity contribution in [2.75, 3.05) is 12.0 Å². The van der Waals surface area contributed by atoms with Crippen LogP contribution in [0.2, 0.25) is 5.02 Å². The standard InChI is InChI=1S/C17H12ClN3O4/c18-10-5-6-12-11(7-10)17(23)21(9-19-12)20-16(22)15-8-24-13-3-1-2-4-14(13)25-15/h1-7,9,15H,8H2,(H,20,22)/t15-/m0/s1. The number of hydrogen-bond donors (Lipinski definition) is 1. The topological polar surface area (TPSA) is 82.5 Å². The maximum Gasteiger partial charge on any atom is 0.283 e. The van der Waals surface area contributed by atoms with Gasteiger partial charge in [-0.3, -0.25) is 15.0 Å². The second kappa shape index (κ2) is 6.10. The summed E-state index contributed by atoms with van der Waals surface area (Å²) in [5, 5.41) is 0.720. The van der Waals surface area contributed by atoms with E-state index in [1.54, 1.807) is 30.3 Å². The lowest BCUT2D eigenvalue weighted by atomic mass is 10.2. The summed E-state index contributed by atoms with van der Waals surface area (Å²) in [6.45, 7) is 0.0461. The van der Waals surface area contributed by atoms with Gasteiger partial charge in [0, 0.05) is 5.02 Å². The van der Waals surface area contributed by atoms with Crippen LogP contribution in [-0.4, -0.2) is 28.3 Å². The molecule has 1 aliphatic heterocycles. The van der Waals surface area contributed by atoms with Crippen molar-refractivity contribution in [2.45, 2.75) is 6.10 Å². The Labute approximate surface area is 146 Å². The monoisotopic (exact) mass is 357 g/mol. The third-order valence-corrected chi connectivity index (χ3v) is 3.99. The van der Waals surface area contributed by atoms with Gasteiger partial charge in [-0.1, -0.05) is 23.7 Å². The van der Waals surface area contributed by atoms with Gasteiger partial charge in [0.05, 0.1) is 10.9 Å². The number of benzene rings is 2. The first kappa shape index (κ1) is 15.5. The first-order valence-electron chi connectivity index (χ1n) is 7.48. The molecular formula is C17H12ClN3O4. The summed E-state index contributed by atoms with van der Waals surface area (Å²) in [4.78, 5) is 29.0. The van der Waals surface area contributed by atoms with Crippen LogP contribution >= 0.6 is 11.6 Å². The predicted molar refractivity (Wildman–Crippen MR) is 91.7 cm³/mol. The van der Waals surface area contributed by atoms with Gasteiger partial charge in [-0.15, -0.1) is 0 Å². The minimum absolute atomic E-state index is 0.0461. The highest BCUT2D eigenvalue weighted by Crippen LogP contribution is 2.30. The Morgan fingerprint density at radius 2 is 2.04 bits per heavy atom. The number of nitrogens with one attached hydrogen (secondary N) is 1. The van der Waals surface area contributed by atoms with Gasteiger partial charge in [-0.25, -0.2) is 9.66 Å². The fraction of sp³-hybridized carbons (Fsp3) is 0.118. The molecule has 2 heterocycles. The molecule has 1 atom stereocenters. The van der Waals surface area contributed by atoms with E-state index in [0.717, 1.165) is 4.68 Å². The van der Waals surface area contributed by atoms with Gasteiger partial charge in [-0.2, -0.15) is 0 Å². The second-order valence-corrected chi connectivity index (χ2v) is 5.86. The van der Waals surface area contributed by atoms with Crippen LogP contribution in [0.5, 0.6) is 11.5 Å². The number of halogens is 1. The Bertz CT molecular complexity index is 1030. The number of carbonyl (C=O) groups excluding carboxylic acids is 1. The van der Waals surface area contributed by atoms with Crippen LogP contribution in [0, 0.1) is 0 Å². The van der Waals surface area contributed by atoms with E-state index in [2.05, 4.69) is 10.4 Å². The lowest BCUT2D eigenvalue weighted by molar-refractivity contribution is -0.126. The molecule has 8 heteroatoms. The predicted octanol–water partition coefficient (Wildman–Crippen LogP) is 1.96. The third kappa shape index (κ3) is 2.89. The molecule has 1 N–H and O–H groups in total. The number of ether oxygens (including phenoxy) is 2. The molecule has 4 rings (SSSR count). The van der Waals surface area contributed by atoms with Crippen molar-refractivity contribution in [1.82, 2.24) is 9.66 Å². The van der Waals surface area contributed by atoms with E-state index in [-0.39, 0.29) is 6.61 Å². The quantitative estimate of drug-likeness (QED) is 0.758. The van der Waals surface area contributed by atoms with Crippen molar-refractivity contribution in [3.8, 4) is 11.5 Å². The summed E-state index contributed by atoms with van der Waals surface area (Å²) < 4.78 is 12.1. The van der Waals surface area contributed by atoms with Crippen LogP contribution < -0.4 is 20.5 Å². The summed E-state index contributed by atoms with van der Waals surface area (Å²) in [7, 11) is 0. The van der Waals surface area contributed by atoms with Crippen LogP contribution in [0.4, 0.5) is 0 Å². The third-order valence-electron chi connectivity index (χ3n) is 3.75. The number of amides is 1. The van der Waals surface area contributed by atoms with Gasteiger partial charge in [0.15, 0.2) is 11.5 Å². The van der Waals surface area contributed by atoms with Crippen LogP contribution in [0.15, 0.2) is 53.6 Å². The average molecular weight is 358 g/mol. The van der Waals surface area contributed by atoms with Gasteiger partial charge < -0.3 is 9.47 Å². The zero-order chi connectivity index (χ0) is 17.4. The summed E-state index contributed by atoms with van der Waals surface area (Å²) >= 11 is 5.92. The molecule has 0 radical (unpaired) electrons. The van der Waals surface area contributed by atoms with E-state index in [0.29, 0.717) is 27.4 Å². The van der Waals surface area contributed by atoms with E-state index in [9.17, 15) is 9.59 Å². The Morgan fingerprint density at radius 3 is 2.88 bits per heavy atom. The molecule has 25 heavy (non-hydrogen) atoms. The minimum atomic E-state index is -0.878. The number of para-hydroxylation sites is 2. The van der Waals surface area contributed by atoms with E-state index in [1.165, 1.54) is 12.4 Å². The fourth-order valence-corrected chi connectivity index (χ4v) is 2.69. The fourth-order valence-electron chi connectivity index (χ4n) is 2.51. The molecule has 1 aromatic heterocycles. The molecule has 0 unspecified atom stereocenters. The molecule has 0 fully saturated rings. The van der Waals surface area contributed by atoms with E-state index in [4.69, 9.17) is 21.1 Å². The van der Waals surface area contributed by atoms with Gasteiger partial charge in [0.1, 0.15) is 12.9 Å². The Kier molecular flexibility index (Phi) is 3.77. The maximum atomic E-state index is 12.5. The molecule has 1 amide bonds. The van der Waals surface area contributed by atoms with Crippen LogP contribution in [-0.2, 0) is 4.79 Å². The van der Waals surface area contributed by atoms with Crippen LogP contribution in [0.3, 0.4) is 0 Å². The molecule has 126 valence electrons. The highest BCUT2D eigenvalue weighted by atomic mass is 35.5. The summed E-state index contributed by atoms with van der Waals surface area (Å²) in [6.07, 6.45) is 0.366. The summed E-state index contributed by atoms with van der Waals surface area (Å²) in [6, 6.07) is 11.8. The number of fused-ring (bicyclic) bond motifs is 2. The number of aromatic nitrogens is 2. The molecule has 3 aromatic rings. The maximum absolute atomic E-state index is 12.5. The number of rotatable bonds is 2. The van der Waals surface area contributed by atoms with Crippen molar-refractivity contribution in [3.05, 3.63) is 64.2 Å². The highest BCUT2D eigenvalue weighted by molar-refractivity contribution is 6.31. The molecule has 7 nitrogen and oxygen atoms in total. The zero-order valence-corrected chi connectivity index (χ0v) is 13.6. The van der Waals surface area contributed by atoms with Gasteiger partial charge in [0.2, 0.25) is 6.10 Å². The smallest absolute Gasteiger partial charge is 0.283 e. The molecule has 0 saturated carbocycles. The molecule has 0 saturated heterocycles. The van der Waals surface area contributed by atoms with Crippen molar-refractivity contribution in [3.63, 3.8) is 0 Å². The van der Waals surface area contributed by atoms with Gasteiger partial charge >= 0.3 is 0 Å². The molecule has 2 aromatic carbocycles. The molecule has 0 aliphatic carbocycles. The number of hydrogen-bond acceptors (Lipinski definition) is 5. The SMILES string of the molecule is O=C(Nn1cnc2ccc(Cl)cc2c1=O)[C@@H]1COc2ccccc2O1. The van der Waals surface area contributed by atoms with Crippen molar-refractivity contribution in [1.29, 1.82) is 0 Å². The normalized spacial score (nSPS) is 15.8. The first-order chi connectivity index (χ1) is 12.1. The van der Waals surface area contributed by atoms with Gasteiger partial charge in [-0.05, 0) is 30.3 Å². The summed E-state index contributed by atoms with van der Waals surface area (Å²) in [5.74, 6) is 0.537. The zero-order valence-electron chi connectivity index (χ0n) is 12.8. The molecule has 1 aliphatic rings. The van der Waals surface area contributed by atoms with Crippen LogP contribution in [0.1, 0.15) is 0 Å². The number of carbonyl (C=O) groups is 1. The van der Waals surface area contributed by atoms with Crippen LogP contribution in [0.25, 0.3) is 10.9 Å². The second-order valence-electron chi connectivity index (χ2n) is 5.42. The van der Waals surface area contributed by atoms with E-state index < -0.39 is 17.6 Å². The molecule has 0 bridgehead atoms. The average Bonchev–Trinajstić information content (AvgIpc) is 2.64. The van der Waals surface area contributed by atoms with Gasteiger partial charge in [0.25, 0.3) is 11.5 Å². The number of nitrogens with zero attached hydrogens (tertiary/aromatic N) is 2. The molecular weight excluding hydrogens is 346 g/mol. The van der Waals surface area contributed by atoms with E-state index in [1.807, 2.05) is 6.07 Å². The lowest BCUT2D eigenvalue weighted by Crippen LogP contribution is -2.45. The Morgan fingerprint density at radius 1 is 1.24 bits per heavy atom. The highest BCUT2D eigenvalue weighted by Gasteiger charge is 2.27. The minimum Gasteiger partial charge on any atom is -0.485 e. The van der Waals surface area contributed by atoms with Crippen molar-refractivity contribution < 1.29 is 14.3 Å². The van der Waals surface area contributed by atoms with E-state index >= 15 is 0 Å².